The molecule has 2 aliphatic heterocycles. The Morgan fingerprint density at radius 1 is 1.14 bits per heavy atom. The molecule has 154 valence electrons. The predicted octanol–water partition coefficient (Wildman–Crippen LogP) is 4.04. The van der Waals surface area contributed by atoms with Gasteiger partial charge >= 0.3 is 0 Å². The number of hydrogen-bond acceptors (Lipinski definition) is 3. The number of hydrogen-bond donors (Lipinski definition) is 2. The topological polar surface area (TPSA) is 58.4 Å². The lowest BCUT2D eigenvalue weighted by Crippen LogP contribution is -2.43. The predicted molar refractivity (Wildman–Crippen MR) is 119 cm³/mol. The van der Waals surface area contributed by atoms with Crippen molar-refractivity contribution >= 4 is 5.91 Å². The summed E-state index contributed by atoms with van der Waals surface area (Å²) in [6, 6.07) is 8.49. The molecule has 0 spiro atoms. The van der Waals surface area contributed by atoms with E-state index in [0.717, 1.165) is 62.2 Å². The lowest BCUT2D eigenvalue weighted by molar-refractivity contribution is -0.129. The molecule has 0 aliphatic carbocycles. The minimum Gasteiger partial charge on any atom is -0.362 e. The van der Waals surface area contributed by atoms with Crippen LogP contribution >= 0.6 is 0 Å². The van der Waals surface area contributed by atoms with Crippen LogP contribution in [0.25, 0.3) is 0 Å². The molecule has 1 amide bonds. The van der Waals surface area contributed by atoms with Crippen LogP contribution in [0.1, 0.15) is 68.4 Å². The van der Waals surface area contributed by atoms with Gasteiger partial charge in [0, 0.05) is 42.3 Å². The molecule has 2 unspecified atom stereocenters. The second-order valence-electron chi connectivity index (χ2n) is 8.13. The van der Waals surface area contributed by atoms with Crippen LogP contribution in [-0.2, 0) is 4.79 Å². The van der Waals surface area contributed by atoms with Crippen molar-refractivity contribution in [1.29, 1.82) is 0 Å². The van der Waals surface area contributed by atoms with Gasteiger partial charge in [-0.05, 0) is 49.9 Å². The molecule has 2 fully saturated rings. The lowest BCUT2D eigenvalue weighted by Gasteiger charge is -2.34. The number of nitrogens with zero attached hydrogens (tertiary/aromatic N) is 1. The zero-order valence-electron chi connectivity index (χ0n) is 17.4. The van der Waals surface area contributed by atoms with E-state index in [9.17, 15) is 4.79 Å². The van der Waals surface area contributed by atoms with Gasteiger partial charge in [-0.2, -0.15) is 0 Å². The van der Waals surface area contributed by atoms with E-state index in [0.29, 0.717) is 6.42 Å². The summed E-state index contributed by atoms with van der Waals surface area (Å²) in [5.41, 5.74) is 9.64. The van der Waals surface area contributed by atoms with Crippen LogP contribution in [0.3, 0.4) is 0 Å². The van der Waals surface area contributed by atoms with Gasteiger partial charge in [0.1, 0.15) is 0 Å². The van der Waals surface area contributed by atoms with Crippen molar-refractivity contribution in [1.82, 2.24) is 10.2 Å². The molecule has 3 N–H and O–H groups in total. The maximum Gasteiger partial charge on any atom is 0.223 e. The fourth-order valence-electron chi connectivity index (χ4n) is 4.17. The third kappa shape index (κ3) is 5.74. The lowest BCUT2D eigenvalue weighted by atomic mass is 9.97. The van der Waals surface area contributed by atoms with Crippen molar-refractivity contribution in [3.05, 3.63) is 59.9 Å². The van der Waals surface area contributed by atoms with E-state index in [1.165, 1.54) is 18.4 Å². The highest BCUT2D eigenvalue weighted by atomic mass is 16.2. The number of likely N-dealkylation sites (tertiary alicyclic amines) is 1. The van der Waals surface area contributed by atoms with E-state index >= 15 is 0 Å². The summed E-state index contributed by atoms with van der Waals surface area (Å²) in [5.74, 6) is 6.98. The fourth-order valence-corrected chi connectivity index (χ4v) is 4.17. The van der Waals surface area contributed by atoms with Gasteiger partial charge in [0.25, 0.3) is 0 Å². The Hall–Kier alpha value is -2.51. The summed E-state index contributed by atoms with van der Waals surface area (Å²) in [5, 5.41) is 3.22. The van der Waals surface area contributed by atoms with Crippen LogP contribution in [0, 0.1) is 11.8 Å². The minimum absolute atomic E-state index is 0.0768. The highest BCUT2D eigenvalue weighted by Crippen LogP contribution is 2.33. The van der Waals surface area contributed by atoms with Gasteiger partial charge in [-0.1, -0.05) is 50.0 Å². The number of nitrogens with two attached hydrogens (primary N) is 1. The van der Waals surface area contributed by atoms with Crippen LogP contribution in [0.5, 0.6) is 0 Å². The summed E-state index contributed by atoms with van der Waals surface area (Å²) in [7, 11) is 0. The van der Waals surface area contributed by atoms with E-state index in [1.54, 1.807) is 0 Å². The number of carbonyl (C=O) groups excluding carboxylic acids is 1. The Kier molecular flexibility index (Phi) is 7.55. The first-order valence-corrected chi connectivity index (χ1v) is 10.8. The quantitative estimate of drug-likeness (QED) is 0.545. The Balaban J connectivity index is 1.52. The summed E-state index contributed by atoms with van der Waals surface area (Å²) in [6.45, 7) is 9.61. The Labute approximate surface area is 175 Å². The number of piperidine rings is 1. The highest BCUT2D eigenvalue weighted by molar-refractivity contribution is 5.80. The van der Waals surface area contributed by atoms with E-state index in [4.69, 9.17) is 5.73 Å². The van der Waals surface area contributed by atoms with Gasteiger partial charge in [0.15, 0.2) is 0 Å². The van der Waals surface area contributed by atoms with Gasteiger partial charge in [-0.15, -0.1) is 0 Å². The van der Waals surface area contributed by atoms with Crippen molar-refractivity contribution < 1.29 is 4.79 Å². The molecular formula is C25H33N3O. The van der Waals surface area contributed by atoms with Crippen molar-refractivity contribution in [2.75, 3.05) is 13.1 Å². The van der Waals surface area contributed by atoms with Crippen molar-refractivity contribution in [3.8, 4) is 11.8 Å². The zero-order chi connectivity index (χ0) is 20.6. The molecule has 2 heterocycles. The first-order chi connectivity index (χ1) is 14.1. The summed E-state index contributed by atoms with van der Waals surface area (Å²) < 4.78 is 0. The Bertz CT molecular complexity index is 800. The van der Waals surface area contributed by atoms with Crippen LogP contribution < -0.4 is 11.1 Å². The third-order valence-corrected chi connectivity index (χ3v) is 5.86. The van der Waals surface area contributed by atoms with Gasteiger partial charge < -0.3 is 16.0 Å². The van der Waals surface area contributed by atoms with E-state index in [2.05, 4.69) is 54.6 Å². The molecule has 1 aromatic carbocycles. The van der Waals surface area contributed by atoms with Gasteiger partial charge in [0.2, 0.25) is 5.91 Å². The van der Waals surface area contributed by atoms with Gasteiger partial charge in [-0.3, -0.25) is 4.79 Å². The normalized spacial score (nSPS) is 21.7. The Morgan fingerprint density at radius 2 is 1.90 bits per heavy atom. The number of amides is 1. The smallest absolute Gasteiger partial charge is 0.223 e. The van der Waals surface area contributed by atoms with Crippen LogP contribution in [0.2, 0.25) is 0 Å². The van der Waals surface area contributed by atoms with E-state index in [-0.39, 0.29) is 17.9 Å². The molecule has 0 aromatic heterocycles. The molecule has 0 bridgehead atoms. The van der Waals surface area contributed by atoms with Gasteiger partial charge in [-0.25, -0.2) is 0 Å². The Morgan fingerprint density at radius 3 is 2.62 bits per heavy atom. The number of nitrogens with one attached hydrogen (secondary N) is 1. The first kappa shape index (κ1) is 21.2. The molecule has 4 nitrogen and oxygen atoms in total. The van der Waals surface area contributed by atoms with Crippen LogP contribution in [0.4, 0.5) is 0 Å². The molecular weight excluding hydrogens is 358 g/mol. The van der Waals surface area contributed by atoms with Gasteiger partial charge in [0.05, 0.1) is 6.04 Å². The molecule has 29 heavy (non-hydrogen) atoms. The number of unbranched alkanes of at least 4 members (excludes halogenated alkanes) is 4. The molecule has 3 rings (SSSR count). The monoisotopic (exact) mass is 391 g/mol. The summed E-state index contributed by atoms with van der Waals surface area (Å²) >= 11 is 0. The number of rotatable bonds is 7. The SMILES string of the molecule is C=C1CCC(N2CC(c3ccc(C#CCCCCCCN)cc3)CC2=O)C(=C)N1. The molecule has 0 saturated carbocycles. The van der Waals surface area contributed by atoms with Crippen LogP contribution in [0.15, 0.2) is 48.8 Å². The van der Waals surface area contributed by atoms with Crippen molar-refractivity contribution in [2.24, 2.45) is 5.73 Å². The maximum absolute atomic E-state index is 12.6. The minimum atomic E-state index is 0.0768. The van der Waals surface area contributed by atoms with Crippen molar-refractivity contribution in [2.45, 2.75) is 63.3 Å². The molecule has 2 saturated heterocycles. The third-order valence-electron chi connectivity index (χ3n) is 5.86. The first-order valence-electron chi connectivity index (χ1n) is 10.8. The standard InChI is InChI=1S/C25H33N3O/c1-19-10-15-24(20(2)27-19)28-18-23(17-25(28)29)22-13-11-21(12-14-22)9-7-5-3-4-6-8-16-26/h11-14,23-24,27H,1-6,8,10,15-18,26H2. The average molecular weight is 392 g/mol. The maximum atomic E-state index is 12.6. The fraction of sp³-hybridized carbons (Fsp3) is 0.480. The number of carbonyl (C=O) groups is 1. The van der Waals surface area contributed by atoms with Crippen molar-refractivity contribution in [3.63, 3.8) is 0 Å². The molecule has 4 heteroatoms. The van der Waals surface area contributed by atoms with E-state index in [1.807, 2.05) is 4.90 Å². The zero-order valence-corrected chi connectivity index (χ0v) is 17.4. The molecule has 1 aromatic rings. The van der Waals surface area contributed by atoms with E-state index < -0.39 is 0 Å². The molecule has 0 radical (unpaired) electrons. The molecule has 2 atom stereocenters. The molecule has 2 aliphatic rings. The average Bonchev–Trinajstić information content (AvgIpc) is 3.09. The number of benzene rings is 1. The highest BCUT2D eigenvalue weighted by Gasteiger charge is 2.37. The van der Waals surface area contributed by atoms with Crippen LogP contribution in [-0.4, -0.2) is 29.9 Å². The second kappa shape index (κ2) is 10.3. The summed E-state index contributed by atoms with van der Waals surface area (Å²) in [6.07, 6.45) is 7.94. The second-order valence-corrected chi connectivity index (χ2v) is 8.13. The number of allylic oxidation sites excluding steroid dienone is 1. The summed E-state index contributed by atoms with van der Waals surface area (Å²) in [4.78, 5) is 14.6. The largest absolute Gasteiger partial charge is 0.362 e.